The molecule has 8 heteroatoms. The Labute approximate surface area is 167 Å². The molecule has 28 heavy (non-hydrogen) atoms. The van der Waals surface area contributed by atoms with Crippen LogP contribution in [0.2, 0.25) is 5.02 Å². The van der Waals surface area contributed by atoms with Crippen molar-refractivity contribution in [3.8, 4) is 5.75 Å². The van der Waals surface area contributed by atoms with Gasteiger partial charge in [-0.25, -0.2) is 17.2 Å². The maximum Gasteiger partial charge on any atom is 0.267 e. The number of hydrogen-bond acceptors (Lipinski definition) is 3. The van der Waals surface area contributed by atoms with Gasteiger partial charge in [0.25, 0.3) is 10.0 Å². The second-order valence-corrected chi connectivity index (χ2v) is 8.18. The Bertz CT molecular complexity index is 1110. The minimum absolute atomic E-state index is 0.0799. The Hall–Kier alpha value is -2.64. The van der Waals surface area contributed by atoms with Crippen molar-refractivity contribution >= 4 is 27.3 Å². The lowest BCUT2D eigenvalue weighted by Crippen LogP contribution is -2.31. The molecule has 3 aromatic carbocycles. The van der Waals surface area contributed by atoms with Gasteiger partial charge in [0.1, 0.15) is 22.3 Å². The van der Waals surface area contributed by atoms with Crippen LogP contribution < -0.4 is 9.04 Å². The molecule has 146 valence electrons. The normalized spacial score (nSPS) is 11.3. The van der Waals surface area contributed by atoms with Crippen molar-refractivity contribution in [2.75, 3.05) is 11.4 Å². The monoisotopic (exact) mass is 423 g/mol. The van der Waals surface area contributed by atoms with E-state index in [0.717, 1.165) is 16.4 Å². The minimum atomic E-state index is -4.35. The molecular formula is C20H16ClF2NO3S. The second kappa shape index (κ2) is 8.16. The van der Waals surface area contributed by atoms with Gasteiger partial charge in [0.05, 0.1) is 19.3 Å². The third-order valence-corrected chi connectivity index (χ3v) is 6.04. The highest BCUT2D eigenvalue weighted by atomic mass is 35.5. The third-order valence-electron chi connectivity index (χ3n) is 4.02. The van der Waals surface area contributed by atoms with E-state index in [0.29, 0.717) is 11.3 Å². The summed E-state index contributed by atoms with van der Waals surface area (Å²) >= 11 is 5.88. The Morgan fingerprint density at radius 1 is 1.00 bits per heavy atom. The van der Waals surface area contributed by atoms with Crippen LogP contribution >= 0.6 is 11.6 Å². The molecule has 3 aromatic rings. The fourth-order valence-electron chi connectivity index (χ4n) is 2.68. The quantitative estimate of drug-likeness (QED) is 0.559. The third kappa shape index (κ3) is 4.26. The van der Waals surface area contributed by atoms with Crippen LogP contribution in [0.15, 0.2) is 71.6 Å². The van der Waals surface area contributed by atoms with Gasteiger partial charge in [-0.1, -0.05) is 29.8 Å². The number of ether oxygens (including phenoxy) is 1. The smallest absolute Gasteiger partial charge is 0.267 e. The summed E-state index contributed by atoms with van der Waals surface area (Å²) in [5.41, 5.74) is 0.636. The molecule has 0 atom stereocenters. The highest BCUT2D eigenvalue weighted by Crippen LogP contribution is 2.31. The van der Waals surface area contributed by atoms with Crippen molar-refractivity contribution in [3.63, 3.8) is 0 Å². The zero-order valence-electron chi connectivity index (χ0n) is 14.8. The molecule has 0 amide bonds. The van der Waals surface area contributed by atoms with Gasteiger partial charge in [-0.3, -0.25) is 4.31 Å². The molecule has 0 spiro atoms. The maximum absolute atomic E-state index is 14.3. The topological polar surface area (TPSA) is 46.6 Å². The standard InChI is InChI=1S/C20H16ClF2NO3S/c1-27-18-7-3-6-17(12-18)24(13-14-4-2-5-16(22)10-14)28(25,26)20-11-15(21)8-9-19(20)23/h2-12H,13H2,1H3. The molecule has 4 nitrogen and oxygen atoms in total. The highest BCUT2D eigenvalue weighted by molar-refractivity contribution is 7.92. The highest BCUT2D eigenvalue weighted by Gasteiger charge is 2.29. The van der Waals surface area contributed by atoms with Crippen molar-refractivity contribution in [2.24, 2.45) is 0 Å². The van der Waals surface area contributed by atoms with Gasteiger partial charge >= 0.3 is 0 Å². The van der Waals surface area contributed by atoms with Crippen molar-refractivity contribution < 1.29 is 21.9 Å². The average molecular weight is 424 g/mol. The SMILES string of the molecule is COc1cccc(N(Cc2cccc(F)c2)S(=O)(=O)c2cc(Cl)ccc2F)c1. The number of rotatable bonds is 6. The first-order valence-electron chi connectivity index (χ1n) is 8.17. The molecule has 0 aliphatic rings. The van der Waals surface area contributed by atoms with E-state index < -0.39 is 26.6 Å². The van der Waals surface area contributed by atoms with E-state index in [1.807, 2.05) is 0 Å². The average Bonchev–Trinajstić information content (AvgIpc) is 2.68. The molecule has 0 N–H and O–H groups in total. The van der Waals surface area contributed by atoms with Gasteiger partial charge in [-0.15, -0.1) is 0 Å². The van der Waals surface area contributed by atoms with Gasteiger partial charge < -0.3 is 4.74 Å². The minimum Gasteiger partial charge on any atom is -0.497 e. The summed E-state index contributed by atoms with van der Waals surface area (Å²) in [5.74, 6) is -1.02. The van der Waals surface area contributed by atoms with Crippen LogP contribution in [0, 0.1) is 11.6 Å². The fourth-order valence-corrected chi connectivity index (χ4v) is 4.45. The van der Waals surface area contributed by atoms with Crippen LogP contribution in [0.5, 0.6) is 5.75 Å². The summed E-state index contributed by atoms with van der Waals surface area (Å²) in [4.78, 5) is -0.570. The van der Waals surface area contributed by atoms with E-state index >= 15 is 0 Å². The molecule has 0 aliphatic heterocycles. The molecule has 0 aliphatic carbocycles. The van der Waals surface area contributed by atoms with Gasteiger partial charge in [0.2, 0.25) is 0 Å². The van der Waals surface area contributed by atoms with E-state index in [1.165, 1.54) is 37.4 Å². The summed E-state index contributed by atoms with van der Waals surface area (Å²) in [6.45, 7) is -0.209. The Morgan fingerprint density at radius 2 is 1.75 bits per heavy atom. The molecule has 3 rings (SSSR count). The summed E-state index contributed by atoms with van der Waals surface area (Å²) < 4.78 is 60.7. The number of halogens is 3. The van der Waals surface area contributed by atoms with Gasteiger partial charge in [-0.2, -0.15) is 0 Å². The van der Waals surface area contributed by atoms with Crippen LogP contribution in [0.1, 0.15) is 5.56 Å². The summed E-state index contributed by atoms with van der Waals surface area (Å²) in [6.07, 6.45) is 0. The van der Waals surface area contributed by atoms with E-state index in [1.54, 1.807) is 24.3 Å². The van der Waals surface area contributed by atoms with Crippen molar-refractivity contribution in [1.82, 2.24) is 0 Å². The summed E-state index contributed by atoms with van der Waals surface area (Å²) in [5, 5.41) is 0.0799. The van der Waals surface area contributed by atoms with Gasteiger partial charge in [0, 0.05) is 11.1 Å². The number of nitrogens with zero attached hydrogens (tertiary/aromatic N) is 1. The first kappa shape index (κ1) is 20.1. The lowest BCUT2D eigenvalue weighted by Gasteiger charge is -2.25. The predicted molar refractivity (Wildman–Crippen MR) is 104 cm³/mol. The van der Waals surface area contributed by atoms with E-state index in [2.05, 4.69) is 0 Å². The lowest BCUT2D eigenvalue weighted by atomic mass is 10.2. The van der Waals surface area contributed by atoms with Gasteiger partial charge in [0.15, 0.2) is 0 Å². The fraction of sp³-hybridized carbons (Fsp3) is 0.100. The molecule has 0 saturated heterocycles. The Kier molecular flexibility index (Phi) is 5.86. The van der Waals surface area contributed by atoms with Crippen LogP contribution in [0.3, 0.4) is 0 Å². The largest absolute Gasteiger partial charge is 0.497 e. The number of hydrogen-bond donors (Lipinski definition) is 0. The number of sulfonamides is 1. The Morgan fingerprint density at radius 3 is 2.46 bits per heavy atom. The number of benzene rings is 3. The number of methoxy groups -OCH3 is 1. The molecule has 0 fully saturated rings. The zero-order valence-corrected chi connectivity index (χ0v) is 16.3. The van der Waals surface area contributed by atoms with Crippen LogP contribution in [0.25, 0.3) is 0 Å². The van der Waals surface area contributed by atoms with Crippen molar-refractivity contribution in [2.45, 2.75) is 11.4 Å². The van der Waals surface area contributed by atoms with Crippen molar-refractivity contribution in [3.05, 3.63) is 89.0 Å². The lowest BCUT2D eigenvalue weighted by molar-refractivity contribution is 0.415. The second-order valence-electron chi connectivity index (χ2n) is 5.92. The first-order chi connectivity index (χ1) is 13.3. The van der Waals surface area contributed by atoms with Crippen molar-refractivity contribution in [1.29, 1.82) is 0 Å². The Balaban J connectivity index is 2.15. The van der Waals surface area contributed by atoms with Crippen LogP contribution in [-0.4, -0.2) is 15.5 Å². The van der Waals surface area contributed by atoms with Crippen LogP contribution in [-0.2, 0) is 16.6 Å². The van der Waals surface area contributed by atoms with E-state index in [9.17, 15) is 17.2 Å². The first-order valence-corrected chi connectivity index (χ1v) is 9.99. The van der Waals surface area contributed by atoms with E-state index in [4.69, 9.17) is 16.3 Å². The zero-order chi connectivity index (χ0) is 20.3. The molecule has 0 bridgehead atoms. The molecule has 0 aromatic heterocycles. The summed E-state index contributed by atoms with van der Waals surface area (Å²) in [7, 11) is -2.90. The number of anilines is 1. The predicted octanol–water partition coefficient (Wildman–Crippen LogP) is 5.02. The molecule has 0 unspecified atom stereocenters. The maximum atomic E-state index is 14.3. The van der Waals surface area contributed by atoms with E-state index in [-0.39, 0.29) is 17.3 Å². The molecular weight excluding hydrogens is 408 g/mol. The van der Waals surface area contributed by atoms with Gasteiger partial charge in [-0.05, 0) is 48.0 Å². The molecule has 0 heterocycles. The summed E-state index contributed by atoms with van der Waals surface area (Å²) in [6, 6.07) is 15.1. The van der Waals surface area contributed by atoms with Crippen LogP contribution in [0.4, 0.5) is 14.5 Å². The molecule has 0 radical (unpaired) electrons. The molecule has 0 saturated carbocycles.